The second kappa shape index (κ2) is 6.75. The molecule has 2 amide bonds. The summed E-state index contributed by atoms with van der Waals surface area (Å²) in [6.07, 6.45) is 3.54. The molecule has 1 aliphatic carbocycles. The van der Waals surface area contributed by atoms with Gasteiger partial charge < -0.3 is 14.7 Å². The summed E-state index contributed by atoms with van der Waals surface area (Å²) in [7, 11) is 0. The van der Waals surface area contributed by atoms with Gasteiger partial charge in [0.1, 0.15) is 12.1 Å². The van der Waals surface area contributed by atoms with Gasteiger partial charge in [0.2, 0.25) is 17.7 Å². The summed E-state index contributed by atoms with van der Waals surface area (Å²) < 4.78 is 5.12. The van der Waals surface area contributed by atoms with Crippen LogP contribution < -0.4 is 10.2 Å². The largest absolute Gasteiger partial charge is 0.342 e. The summed E-state index contributed by atoms with van der Waals surface area (Å²) in [5.74, 6) is 1.10. The van der Waals surface area contributed by atoms with Crippen molar-refractivity contribution in [2.75, 3.05) is 17.2 Å². The highest BCUT2D eigenvalue weighted by atomic mass is 32.2. The van der Waals surface area contributed by atoms with Crippen molar-refractivity contribution in [1.82, 2.24) is 15.5 Å². The number of rotatable bonds is 4. The molecule has 0 radical (unpaired) electrons. The van der Waals surface area contributed by atoms with Crippen molar-refractivity contribution in [2.24, 2.45) is 0 Å². The van der Waals surface area contributed by atoms with E-state index < -0.39 is 5.54 Å². The minimum absolute atomic E-state index is 0.00497. The average molecular weight is 372 g/mol. The number of hydrogen-bond acceptors (Lipinski definition) is 6. The first-order valence-corrected chi connectivity index (χ1v) is 9.70. The number of hydrogen-bond donors (Lipinski definition) is 1. The van der Waals surface area contributed by atoms with Crippen LogP contribution in [0.1, 0.15) is 37.4 Å². The number of carbonyl (C=O) groups excluding carboxylic acids is 2. The molecule has 1 N–H and O–H groups in total. The van der Waals surface area contributed by atoms with E-state index in [9.17, 15) is 9.59 Å². The van der Waals surface area contributed by atoms with Crippen LogP contribution in [-0.2, 0) is 15.1 Å². The van der Waals surface area contributed by atoms with E-state index in [1.807, 2.05) is 24.3 Å². The summed E-state index contributed by atoms with van der Waals surface area (Å²) in [5.41, 5.74) is 0.196. The second-order valence-corrected chi connectivity index (χ2v) is 7.73. The molecule has 1 aliphatic heterocycles. The molecule has 0 spiro atoms. The van der Waals surface area contributed by atoms with E-state index in [4.69, 9.17) is 4.52 Å². The van der Waals surface area contributed by atoms with Crippen LogP contribution in [0.4, 0.5) is 5.69 Å². The van der Waals surface area contributed by atoms with Crippen molar-refractivity contribution in [3.05, 3.63) is 36.0 Å². The molecular formula is C18H20N4O3S. The van der Waals surface area contributed by atoms with Crippen molar-refractivity contribution < 1.29 is 14.1 Å². The molecule has 4 rings (SSSR count). The fourth-order valence-electron chi connectivity index (χ4n) is 3.65. The smallest absolute Gasteiger partial charge is 0.240 e. The lowest BCUT2D eigenvalue weighted by molar-refractivity contribution is -0.124. The number of aromatic nitrogens is 2. The number of carbonyl (C=O) groups is 2. The maximum absolute atomic E-state index is 12.8. The molecule has 1 aromatic heterocycles. The van der Waals surface area contributed by atoms with E-state index in [1.54, 1.807) is 11.8 Å². The third kappa shape index (κ3) is 3.09. The van der Waals surface area contributed by atoms with Crippen LogP contribution in [0.2, 0.25) is 0 Å². The van der Waals surface area contributed by atoms with Gasteiger partial charge in [0.25, 0.3) is 0 Å². The van der Waals surface area contributed by atoms with Gasteiger partial charge >= 0.3 is 0 Å². The molecule has 26 heavy (non-hydrogen) atoms. The number of nitrogens with one attached hydrogen (secondary N) is 1. The number of benzene rings is 1. The Morgan fingerprint density at radius 2 is 2.12 bits per heavy atom. The molecule has 8 heteroatoms. The molecule has 0 unspecified atom stereocenters. The van der Waals surface area contributed by atoms with Crippen LogP contribution in [0.3, 0.4) is 0 Å². The Kier molecular flexibility index (Phi) is 4.44. The Morgan fingerprint density at radius 3 is 2.85 bits per heavy atom. The third-order valence-corrected chi connectivity index (χ3v) is 5.95. The van der Waals surface area contributed by atoms with Crippen molar-refractivity contribution in [2.45, 2.75) is 43.0 Å². The lowest BCUT2D eigenvalue weighted by atomic mass is 9.96. The highest BCUT2D eigenvalue weighted by Crippen LogP contribution is 2.38. The third-order valence-electron chi connectivity index (χ3n) is 4.90. The molecule has 0 bridgehead atoms. The molecule has 136 valence electrons. The normalized spacial score (nSPS) is 18.7. The first-order chi connectivity index (χ1) is 12.6. The van der Waals surface area contributed by atoms with Gasteiger partial charge in [0.15, 0.2) is 5.82 Å². The van der Waals surface area contributed by atoms with Gasteiger partial charge in [-0.3, -0.25) is 9.59 Å². The summed E-state index contributed by atoms with van der Waals surface area (Å²) in [5, 5.41) is 7.13. The molecular weight excluding hydrogens is 352 g/mol. The van der Waals surface area contributed by atoms with Crippen LogP contribution in [0.25, 0.3) is 0 Å². The van der Waals surface area contributed by atoms with Gasteiger partial charge in [0.05, 0.1) is 11.4 Å². The molecule has 2 aromatic rings. The minimum Gasteiger partial charge on any atom is -0.342 e. The SMILES string of the molecule is Cc1nc(C2(NC(=O)CN3C(=O)CSc4ccccc43)CCCC2)no1. The van der Waals surface area contributed by atoms with Crippen LogP contribution in [0, 0.1) is 6.92 Å². The van der Waals surface area contributed by atoms with E-state index in [1.165, 1.54) is 11.8 Å². The Hall–Kier alpha value is -2.35. The van der Waals surface area contributed by atoms with E-state index in [-0.39, 0.29) is 18.4 Å². The number of thioether (sulfide) groups is 1. The minimum atomic E-state index is -0.595. The van der Waals surface area contributed by atoms with Crippen molar-refractivity contribution in [3.8, 4) is 0 Å². The zero-order chi connectivity index (χ0) is 18.1. The number of anilines is 1. The Morgan fingerprint density at radius 1 is 1.35 bits per heavy atom. The van der Waals surface area contributed by atoms with Gasteiger partial charge in [-0.15, -0.1) is 11.8 Å². The quantitative estimate of drug-likeness (QED) is 0.887. The molecule has 1 aromatic carbocycles. The number of aryl methyl sites for hydroxylation is 1. The highest BCUT2D eigenvalue weighted by Gasteiger charge is 2.41. The van der Waals surface area contributed by atoms with Crippen molar-refractivity contribution in [3.63, 3.8) is 0 Å². The fourth-order valence-corrected chi connectivity index (χ4v) is 4.59. The van der Waals surface area contributed by atoms with Gasteiger partial charge in [-0.1, -0.05) is 30.1 Å². The predicted molar refractivity (Wildman–Crippen MR) is 96.8 cm³/mol. The lowest BCUT2D eigenvalue weighted by Gasteiger charge is -2.31. The van der Waals surface area contributed by atoms with Gasteiger partial charge in [-0.05, 0) is 25.0 Å². The molecule has 0 saturated heterocycles. The Bertz CT molecular complexity index is 844. The summed E-state index contributed by atoms with van der Waals surface area (Å²) in [6.45, 7) is 1.73. The average Bonchev–Trinajstić information content (AvgIpc) is 3.27. The zero-order valence-corrected chi connectivity index (χ0v) is 15.3. The lowest BCUT2D eigenvalue weighted by Crippen LogP contribution is -2.50. The van der Waals surface area contributed by atoms with Crippen LogP contribution in [0.5, 0.6) is 0 Å². The summed E-state index contributed by atoms with van der Waals surface area (Å²) in [4.78, 5) is 32.1. The van der Waals surface area contributed by atoms with Gasteiger partial charge in [-0.25, -0.2) is 0 Å². The van der Waals surface area contributed by atoms with E-state index in [2.05, 4.69) is 15.5 Å². The fraction of sp³-hybridized carbons (Fsp3) is 0.444. The first kappa shape index (κ1) is 17.1. The van der Waals surface area contributed by atoms with E-state index >= 15 is 0 Å². The van der Waals surface area contributed by atoms with Gasteiger partial charge in [-0.2, -0.15) is 4.98 Å². The number of nitrogens with zero attached hydrogens (tertiary/aromatic N) is 3. The summed E-state index contributed by atoms with van der Waals surface area (Å²) >= 11 is 1.50. The van der Waals surface area contributed by atoms with Crippen LogP contribution in [0.15, 0.2) is 33.7 Å². The molecule has 2 heterocycles. The Labute approximate surface area is 155 Å². The summed E-state index contributed by atoms with van der Waals surface area (Å²) in [6, 6.07) is 7.66. The first-order valence-electron chi connectivity index (χ1n) is 8.71. The van der Waals surface area contributed by atoms with Crippen LogP contribution >= 0.6 is 11.8 Å². The molecule has 1 saturated carbocycles. The molecule has 7 nitrogen and oxygen atoms in total. The van der Waals surface area contributed by atoms with E-state index in [0.717, 1.165) is 36.3 Å². The highest BCUT2D eigenvalue weighted by molar-refractivity contribution is 8.00. The second-order valence-electron chi connectivity index (χ2n) is 6.71. The van der Waals surface area contributed by atoms with E-state index in [0.29, 0.717) is 17.5 Å². The Balaban J connectivity index is 1.54. The van der Waals surface area contributed by atoms with Crippen LogP contribution in [-0.4, -0.2) is 34.3 Å². The molecule has 2 aliphatic rings. The van der Waals surface area contributed by atoms with Crippen molar-refractivity contribution in [1.29, 1.82) is 0 Å². The van der Waals surface area contributed by atoms with Gasteiger partial charge in [0, 0.05) is 11.8 Å². The number of fused-ring (bicyclic) bond motifs is 1. The number of amides is 2. The monoisotopic (exact) mass is 372 g/mol. The maximum Gasteiger partial charge on any atom is 0.240 e. The topological polar surface area (TPSA) is 88.3 Å². The zero-order valence-electron chi connectivity index (χ0n) is 14.5. The van der Waals surface area contributed by atoms with Crippen molar-refractivity contribution >= 4 is 29.3 Å². The molecule has 0 atom stereocenters. The predicted octanol–water partition coefficient (Wildman–Crippen LogP) is 2.40. The maximum atomic E-state index is 12.8. The molecule has 1 fully saturated rings. The number of para-hydroxylation sites is 1. The standard InChI is InChI=1S/C18H20N4O3S/c1-12-19-17(21-25-12)18(8-4-5-9-18)20-15(23)10-22-13-6-2-3-7-14(13)26-11-16(22)24/h2-3,6-7H,4-5,8-11H2,1H3,(H,20,23).